The molecule has 0 rings (SSSR count). The van der Waals surface area contributed by atoms with Gasteiger partial charge < -0.3 is 19.3 Å². The van der Waals surface area contributed by atoms with Crippen molar-refractivity contribution in [2.75, 3.05) is 13.2 Å². The molecule has 0 heterocycles. The summed E-state index contributed by atoms with van der Waals surface area (Å²) in [5.41, 5.74) is 0. The summed E-state index contributed by atoms with van der Waals surface area (Å²) in [4.78, 5) is 54.8. The molecule has 0 radical (unpaired) electrons. The van der Waals surface area contributed by atoms with Gasteiger partial charge in [0.05, 0.1) is 6.61 Å². The lowest BCUT2D eigenvalue weighted by Gasteiger charge is -2.18. The maximum atomic E-state index is 12.4. The number of allylic oxidation sites excluding steroid dienone is 8. The summed E-state index contributed by atoms with van der Waals surface area (Å²) in [6.45, 7) is 5.77. The molecule has 0 saturated heterocycles. The Hall–Kier alpha value is -2.32. The lowest BCUT2D eigenvalue weighted by Crippen LogP contribution is -2.29. The molecule has 2 N–H and O–H groups in total. The first-order valence-corrected chi connectivity index (χ1v) is 21.3. The van der Waals surface area contributed by atoms with E-state index in [1.807, 2.05) is 12.2 Å². The van der Waals surface area contributed by atoms with Gasteiger partial charge in [-0.2, -0.15) is 0 Å². The fraction of sp³-hybridized carbons (Fsp3) is 0.732. The first kappa shape index (κ1) is 48.7. The molecule has 294 valence electrons. The van der Waals surface area contributed by atoms with Crippen molar-refractivity contribution in [1.82, 2.24) is 0 Å². The highest BCUT2D eigenvalue weighted by Crippen LogP contribution is 2.36. The van der Waals surface area contributed by atoms with Crippen LogP contribution in [0, 0.1) is 5.92 Å². The molecule has 0 saturated carbocycles. The molecule has 10 heteroatoms. The van der Waals surface area contributed by atoms with Gasteiger partial charge in [0, 0.05) is 19.3 Å². The van der Waals surface area contributed by atoms with Crippen LogP contribution in [0.5, 0.6) is 0 Å². The molecule has 0 bridgehead atoms. The third-order valence-electron chi connectivity index (χ3n) is 8.25. The van der Waals surface area contributed by atoms with Gasteiger partial charge in [0.2, 0.25) is 0 Å². The quantitative estimate of drug-likeness (QED) is 0.0162. The minimum Gasteiger partial charge on any atom is -0.462 e. The molecule has 51 heavy (non-hydrogen) atoms. The Morgan fingerprint density at radius 3 is 1.80 bits per heavy atom. The van der Waals surface area contributed by atoms with Crippen molar-refractivity contribution in [2.24, 2.45) is 5.92 Å². The van der Waals surface area contributed by atoms with Crippen molar-refractivity contribution in [3.63, 3.8) is 0 Å². The van der Waals surface area contributed by atoms with Gasteiger partial charge in [-0.25, -0.2) is 4.57 Å². The topological polar surface area (TPSA) is 136 Å². The highest BCUT2D eigenvalue weighted by atomic mass is 31.2. The average Bonchev–Trinajstić information content (AvgIpc) is 3.07. The van der Waals surface area contributed by atoms with Crippen molar-refractivity contribution in [2.45, 2.75) is 175 Å². The van der Waals surface area contributed by atoms with E-state index in [0.717, 1.165) is 44.4 Å². The van der Waals surface area contributed by atoms with Gasteiger partial charge in [0.25, 0.3) is 0 Å². The molecule has 0 aromatic carbocycles. The van der Waals surface area contributed by atoms with Gasteiger partial charge in [-0.1, -0.05) is 153 Å². The second kappa shape index (κ2) is 34.7. The standard InChI is InChI=1S/C41H71O9P/c1-4-5-6-7-8-9-10-11-15-18-21-24-27-31-38(42)32-29-34-41(44)50-39(36-49-51(45,46)47)35-48-40(43)33-28-25-22-19-16-13-12-14-17-20-23-26-30-37(2)3/h8-9,11,15,21,24,27,31,37,39H,4-7,10,12-14,16-20,22-23,25-26,28-30,32-36H2,1-3H3,(H2,45,46,47)/b9-8-,15-11-,24-21-,31-27+/t39-/m1/s1. The molecule has 0 aromatic rings. The predicted octanol–water partition coefficient (Wildman–Crippen LogP) is 11.0. The van der Waals surface area contributed by atoms with E-state index in [1.165, 1.54) is 83.1 Å². The van der Waals surface area contributed by atoms with Crippen LogP contribution in [-0.2, 0) is 32.9 Å². The summed E-state index contributed by atoms with van der Waals surface area (Å²) in [5.74, 6) is -0.467. The Morgan fingerprint density at radius 1 is 0.627 bits per heavy atom. The molecule has 1 atom stereocenters. The molecular formula is C41H71O9P. The number of esters is 2. The van der Waals surface area contributed by atoms with E-state index >= 15 is 0 Å². The van der Waals surface area contributed by atoms with Crippen LogP contribution in [0.3, 0.4) is 0 Å². The normalized spacial score (nSPS) is 13.0. The van der Waals surface area contributed by atoms with E-state index in [9.17, 15) is 18.9 Å². The van der Waals surface area contributed by atoms with Crippen LogP contribution < -0.4 is 0 Å². The monoisotopic (exact) mass is 738 g/mol. The second-order valence-electron chi connectivity index (χ2n) is 13.8. The van der Waals surface area contributed by atoms with Crippen LogP contribution in [0.4, 0.5) is 0 Å². The van der Waals surface area contributed by atoms with Crippen LogP contribution in [0.25, 0.3) is 0 Å². The largest absolute Gasteiger partial charge is 0.469 e. The summed E-state index contributed by atoms with van der Waals surface area (Å²) in [6.07, 6.45) is 37.0. The third-order valence-corrected chi connectivity index (χ3v) is 8.74. The molecule has 0 spiro atoms. The Bertz CT molecular complexity index is 1040. The maximum Gasteiger partial charge on any atom is 0.469 e. The zero-order chi connectivity index (χ0) is 37.8. The van der Waals surface area contributed by atoms with E-state index in [-0.39, 0.29) is 38.1 Å². The average molecular weight is 739 g/mol. The zero-order valence-electron chi connectivity index (χ0n) is 32.2. The van der Waals surface area contributed by atoms with Crippen molar-refractivity contribution in [3.05, 3.63) is 48.6 Å². The van der Waals surface area contributed by atoms with Crippen molar-refractivity contribution < 1.29 is 42.7 Å². The van der Waals surface area contributed by atoms with E-state index in [0.29, 0.717) is 6.42 Å². The fourth-order valence-electron chi connectivity index (χ4n) is 5.28. The summed E-state index contributed by atoms with van der Waals surface area (Å²) >= 11 is 0. The minimum atomic E-state index is -4.82. The van der Waals surface area contributed by atoms with Crippen LogP contribution in [0.15, 0.2) is 48.6 Å². The highest BCUT2D eigenvalue weighted by molar-refractivity contribution is 7.46. The second-order valence-corrected chi connectivity index (χ2v) is 15.0. The number of hydrogen-bond acceptors (Lipinski definition) is 7. The van der Waals surface area contributed by atoms with E-state index in [1.54, 1.807) is 6.08 Å². The lowest BCUT2D eigenvalue weighted by atomic mass is 10.0. The van der Waals surface area contributed by atoms with Crippen molar-refractivity contribution in [3.8, 4) is 0 Å². The van der Waals surface area contributed by atoms with Gasteiger partial charge in [-0.15, -0.1) is 0 Å². The fourth-order valence-corrected chi connectivity index (χ4v) is 5.64. The van der Waals surface area contributed by atoms with Gasteiger partial charge in [-0.05, 0) is 50.5 Å². The Balaban J connectivity index is 4.16. The van der Waals surface area contributed by atoms with Gasteiger partial charge in [0.1, 0.15) is 6.61 Å². The summed E-state index contributed by atoms with van der Waals surface area (Å²) in [5, 5.41) is 0. The van der Waals surface area contributed by atoms with E-state index in [2.05, 4.69) is 49.6 Å². The number of carbonyl (C=O) groups is 3. The van der Waals surface area contributed by atoms with Crippen LogP contribution in [-0.4, -0.2) is 46.8 Å². The summed E-state index contributed by atoms with van der Waals surface area (Å²) in [7, 11) is -4.82. The molecule has 0 fully saturated rings. The van der Waals surface area contributed by atoms with Gasteiger partial charge in [-0.3, -0.25) is 18.9 Å². The molecule has 0 aromatic heterocycles. The highest BCUT2D eigenvalue weighted by Gasteiger charge is 2.23. The predicted molar refractivity (Wildman–Crippen MR) is 207 cm³/mol. The Labute approximate surface area is 310 Å². The first-order chi connectivity index (χ1) is 24.5. The smallest absolute Gasteiger partial charge is 0.462 e. The van der Waals surface area contributed by atoms with E-state index < -0.39 is 32.5 Å². The zero-order valence-corrected chi connectivity index (χ0v) is 33.0. The number of ether oxygens (including phenoxy) is 2. The van der Waals surface area contributed by atoms with Crippen molar-refractivity contribution in [1.29, 1.82) is 0 Å². The minimum absolute atomic E-state index is 0.0773. The molecule has 0 aliphatic carbocycles. The molecule has 0 aliphatic heterocycles. The van der Waals surface area contributed by atoms with E-state index in [4.69, 9.17) is 19.3 Å². The van der Waals surface area contributed by atoms with Crippen LogP contribution in [0.2, 0.25) is 0 Å². The maximum absolute atomic E-state index is 12.4. The number of unbranched alkanes of at least 4 members (excludes halogenated alkanes) is 14. The summed E-state index contributed by atoms with van der Waals surface area (Å²) < 4.78 is 26.1. The molecule has 0 amide bonds. The Morgan fingerprint density at radius 2 is 1.20 bits per heavy atom. The van der Waals surface area contributed by atoms with Crippen LogP contribution in [0.1, 0.15) is 168 Å². The number of carbonyl (C=O) groups excluding carboxylic acids is 3. The number of ketones is 1. The Kier molecular flexibility index (Phi) is 33.2. The molecule has 9 nitrogen and oxygen atoms in total. The lowest BCUT2D eigenvalue weighted by molar-refractivity contribution is -0.161. The van der Waals surface area contributed by atoms with Gasteiger partial charge in [0.15, 0.2) is 11.9 Å². The van der Waals surface area contributed by atoms with Crippen LogP contribution >= 0.6 is 7.82 Å². The number of hydrogen-bond donors (Lipinski definition) is 2. The van der Waals surface area contributed by atoms with Crippen molar-refractivity contribution >= 4 is 25.5 Å². The SMILES string of the molecule is CCCCC/C=C\C/C=C\C/C=C\C=C\C(=O)CCCC(=O)O[C@H](COC(=O)CCCCCCCCCCCCCCC(C)C)COP(=O)(O)O. The molecule has 0 aliphatic rings. The number of phosphoric acid groups is 1. The first-order valence-electron chi connectivity index (χ1n) is 19.7. The molecular weight excluding hydrogens is 667 g/mol. The summed E-state index contributed by atoms with van der Waals surface area (Å²) in [6, 6.07) is 0. The molecule has 0 unspecified atom stereocenters. The third kappa shape index (κ3) is 38.7. The number of rotatable bonds is 35. The van der Waals surface area contributed by atoms with Gasteiger partial charge >= 0.3 is 19.8 Å². The number of phosphoric ester groups is 1.